The van der Waals surface area contributed by atoms with E-state index in [0.29, 0.717) is 17.0 Å². The Kier molecular flexibility index (Phi) is 9.14. The first-order valence-electron chi connectivity index (χ1n) is 10.8. The first-order chi connectivity index (χ1) is 16.8. The number of hydrazone groups is 1. The second kappa shape index (κ2) is 12.5. The van der Waals surface area contributed by atoms with Crippen LogP contribution >= 0.6 is 15.9 Å². The molecular weight excluding hydrogens is 512 g/mol. The van der Waals surface area contributed by atoms with Gasteiger partial charge < -0.3 is 15.4 Å². The van der Waals surface area contributed by atoms with Gasteiger partial charge in [0.2, 0.25) is 0 Å². The van der Waals surface area contributed by atoms with Crippen molar-refractivity contribution in [1.82, 2.24) is 10.7 Å². The number of carbonyl (C=O) groups excluding carboxylic acids is 3. The van der Waals surface area contributed by atoms with E-state index in [9.17, 15) is 14.4 Å². The molecule has 0 aliphatic rings. The Morgan fingerprint density at radius 2 is 1.74 bits per heavy atom. The highest BCUT2D eigenvalue weighted by Gasteiger charge is 2.12. The van der Waals surface area contributed by atoms with E-state index in [-0.39, 0.29) is 19.1 Å². The second-order valence-electron chi connectivity index (χ2n) is 7.74. The number of nitrogens with zero attached hydrogens (tertiary/aromatic N) is 1. The van der Waals surface area contributed by atoms with Crippen LogP contribution in [0.3, 0.4) is 0 Å². The predicted molar refractivity (Wildman–Crippen MR) is 138 cm³/mol. The van der Waals surface area contributed by atoms with Gasteiger partial charge in [0.05, 0.1) is 6.21 Å². The number of hydrogen-bond donors (Lipinski definition) is 3. The summed E-state index contributed by atoms with van der Waals surface area (Å²) in [5.74, 6) is -1.50. The van der Waals surface area contributed by atoms with Crippen LogP contribution in [0.2, 0.25) is 0 Å². The number of carbonyl (C=O) groups is 3. The van der Waals surface area contributed by atoms with E-state index in [0.717, 1.165) is 21.2 Å². The van der Waals surface area contributed by atoms with Crippen molar-refractivity contribution in [2.24, 2.45) is 5.10 Å². The summed E-state index contributed by atoms with van der Waals surface area (Å²) in [5, 5.41) is 9.16. The first kappa shape index (κ1) is 25.6. The highest BCUT2D eigenvalue weighted by molar-refractivity contribution is 9.10. The maximum absolute atomic E-state index is 12.2. The molecule has 0 unspecified atom stereocenters. The van der Waals surface area contributed by atoms with Gasteiger partial charge in [0.15, 0.2) is 6.61 Å². The average Bonchev–Trinajstić information content (AvgIpc) is 2.84. The molecule has 8 nitrogen and oxygen atoms in total. The Labute approximate surface area is 211 Å². The highest BCUT2D eigenvalue weighted by Crippen LogP contribution is 2.20. The minimum absolute atomic E-state index is 0.173. The zero-order valence-electron chi connectivity index (χ0n) is 19.3. The zero-order valence-corrected chi connectivity index (χ0v) is 20.9. The lowest BCUT2D eigenvalue weighted by atomic mass is 10.1. The maximum Gasteiger partial charge on any atom is 0.329 e. The lowest BCUT2D eigenvalue weighted by molar-refractivity contribution is -0.139. The van der Waals surface area contributed by atoms with Gasteiger partial charge in [-0.3, -0.25) is 14.4 Å². The van der Waals surface area contributed by atoms with Crippen molar-refractivity contribution in [3.63, 3.8) is 0 Å². The minimum Gasteiger partial charge on any atom is -0.484 e. The van der Waals surface area contributed by atoms with Crippen LogP contribution in [0.15, 0.2) is 76.3 Å². The molecule has 3 aromatic rings. The largest absolute Gasteiger partial charge is 0.484 e. The summed E-state index contributed by atoms with van der Waals surface area (Å²) in [5.41, 5.74) is 6.45. The Morgan fingerprint density at radius 1 is 0.971 bits per heavy atom. The maximum atomic E-state index is 12.2. The van der Waals surface area contributed by atoms with E-state index >= 15 is 0 Å². The van der Waals surface area contributed by atoms with Gasteiger partial charge in [0.1, 0.15) is 5.75 Å². The van der Waals surface area contributed by atoms with Crippen molar-refractivity contribution in [2.75, 3.05) is 11.9 Å². The van der Waals surface area contributed by atoms with Crippen LogP contribution in [0.25, 0.3) is 0 Å². The topological polar surface area (TPSA) is 109 Å². The molecule has 0 radical (unpaired) electrons. The standard InChI is InChI=1S/C26H25BrN4O4/c1-17-6-8-19(9-7-17)14-28-25(33)26(34)31-29-15-20-4-3-5-22(13-20)35-16-24(32)30-23-11-10-21(27)12-18(23)2/h3-13,15H,14,16H2,1-2H3,(H,28,33)(H,30,32)(H,31,34)/b29-15-. The lowest BCUT2D eigenvalue weighted by Gasteiger charge is -2.10. The number of halogens is 1. The van der Waals surface area contributed by atoms with Crippen LogP contribution in [-0.4, -0.2) is 30.5 Å². The fourth-order valence-electron chi connectivity index (χ4n) is 2.97. The highest BCUT2D eigenvalue weighted by atomic mass is 79.9. The molecule has 9 heteroatoms. The number of aryl methyl sites for hydroxylation is 2. The number of anilines is 1. The molecule has 3 rings (SSSR count). The Morgan fingerprint density at radius 3 is 2.49 bits per heavy atom. The molecule has 0 spiro atoms. The van der Waals surface area contributed by atoms with Crippen molar-refractivity contribution < 1.29 is 19.1 Å². The summed E-state index contributed by atoms with van der Waals surface area (Å²) >= 11 is 3.39. The number of amides is 3. The number of ether oxygens (including phenoxy) is 1. The molecule has 180 valence electrons. The van der Waals surface area contributed by atoms with E-state index in [4.69, 9.17) is 4.74 Å². The fourth-order valence-corrected chi connectivity index (χ4v) is 3.45. The van der Waals surface area contributed by atoms with Crippen molar-refractivity contribution >= 4 is 45.6 Å². The van der Waals surface area contributed by atoms with Gasteiger partial charge in [0, 0.05) is 16.7 Å². The van der Waals surface area contributed by atoms with Crippen LogP contribution in [0.4, 0.5) is 5.69 Å². The number of hydrogen-bond acceptors (Lipinski definition) is 5. The Bertz CT molecular complexity index is 1240. The predicted octanol–water partition coefficient (Wildman–Crippen LogP) is 3.85. The van der Waals surface area contributed by atoms with Crippen LogP contribution in [0.5, 0.6) is 5.75 Å². The molecule has 3 N–H and O–H groups in total. The van der Waals surface area contributed by atoms with Gasteiger partial charge in [-0.1, -0.05) is 57.9 Å². The molecule has 0 aliphatic carbocycles. The third-order valence-electron chi connectivity index (χ3n) is 4.85. The van der Waals surface area contributed by atoms with E-state index in [1.165, 1.54) is 6.21 Å². The Hall–Kier alpha value is -3.98. The summed E-state index contributed by atoms with van der Waals surface area (Å²) in [4.78, 5) is 36.1. The quantitative estimate of drug-likeness (QED) is 0.231. The molecule has 0 atom stereocenters. The van der Waals surface area contributed by atoms with Crippen LogP contribution in [0.1, 0.15) is 22.3 Å². The molecule has 3 aromatic carbocycles. The van der Waals surface area contributed by atoms with Crippen molar-refractivity contribution in [3.05, 3.63) is 93.5 Å². The van der Waals surface area contributed by atoms with Gasteiger partial charge in [-0.05, 0) is 60.9 Å². The summed E-state index contributed by atoms with van der Waals surface area (Å²) in [6, 6.07) is 20.0. The fraction of sp³-hybridized carbons (Fsp3) is 0.154. The third kappa shape index (κ3) is 8.38. The summed E-state index contributed by atoms with van der Waals surface area (Å²) in [6.45, 7) is 3.94. The molecule has 0 bridgehead atoms. The smallest absolute Gasteiger partial charge is 0.329 e. The van der Waals surface area contributed by atoms with Crippen LogP contribution in [-0.2, 0) is 20.9 Å². The Balaban J connectivity index is 1.45. The van der Waals surface area contributed by atoms with Crippen LogP contribution in [0, 0.1) is 13.8 Å². The SMILES string of the molecule is Cc1ccc(CNC(=O)C(=O)N/N=C\c2cccc(OCC(=O)Nc3ccc(Br)cc3C)c2)cc1. The molecule has 0 saturated carbocycles. The van der Waals surface area contributed by atoms with E-state index < -0.39 is 11.8 Å². The summed E-state index contributed by atoms with van der Waals surface area (Å²) < 4.78 is 6.49. The number of nitrogens with one attached hydrogen (secondary N) is 3. The monoisotopic (exact) mass is 536 g/mol. The second-order valence-corrected chi connectivity index (χ2v) is 8.65. The normalized spacial score (nSPS) is 10.6. The van der Waals surface area contributed by atoms with Crippen molar-refractivity contribution in [3.8, 4) is 5.75 Å². The van der Waals surface area contributed by atoms with Crippen LogP contribution < -0.4 is 20.8 Å². The zero-order chi connectivity index (χ0) is 25.2. The average molecular weight is 537 g/mol. The molecule has 0 fully saturated rings. The molecule has 3 amide bonds. The molecule has 0 saturated heterocycles. The van der Waals surface area contributed by atoms with Crippen molar-refractivity contribution in [1.29, 1.82) is 0 Å². The first-order valence-corrected chi connectivity index (χ1v) is 11.5. The van der Waals surface area contributed by atoms with Gasteiger partial charge in [-0.15, -0.1) is 0 Å². The summed E-state index contributed by atoms with van der Waals surface area (Å²) in [7, 11) is 0. The van der Waals surface area contributed by atoms with Gasteiger partial charge >= 0.3 is 11.8 Å². The van der Waals surface area contributed by atoms with Gasteiger partial charge in [-0.2, -0.15) is 5.10 Å². The van der Waals surface area contributed by atoms with Crippen molar-refractivity contribution in [2.45, 2.75) is 20.4 Å². The van der Waals surface area contributed by atoms with E-state index in [1.807, 2.05) is 56.3 Å². The van der Waals surface area contributed by atoms with E-state index in [2.05, 4.69) is 37.1 Å². The summed E-state index contributed by atoms with van der Waals surface area (Å²) in [6.07, 6.45) is 1.38. The molecule has 35 heavy (non-hydrogen) atoms. The molecule has 0 aromatic heterocycles. The molecule has 0 heterocycles. The van der Waals surface area contributed by atoms with Gasteiger partial charge in [-0.25, -0.2) is 5.43 Å². The van der Waals surface area contributed by atoms with Gasteiger partial charge in [0.25, 0.3) is 5.91 Å². The molecule has 0 aliphatic heterocycles. The number of rotatable bonds is 8. The minimum atomic E-state index is -0.874. The molecular formula is C26H25BrN4O4. The lowest BCUT2D eigenvalue weighted by Crippen LogP contribution is -2.37. The number of benzene rings is 3. The van der Waals surface area contributed by atoms with E-state index in [1.54, 1.807) is 24.3 Å². The third-order valence-corrected chi connectivity index (χ3v) is 5.34.